The summed E-state index contributed by atoms with van der Waals surface area (Å²) in [4.78, 5) is 10.6. The molecule has 0 spiro atoms. The van der Waals surface area contributed by atoms with Crippen molar-refractivity contribution < 1.29 is 9.66 Å². The van der Waals surface area contributed by atoms with Crippen molar-refractivity contribution in [1.29, 1.82) is 0 Å². The van der Waals surface area contributed by atoms with Crippen molar-refractivity contribution in [3.05, 3.63) is 39.4 Å². The van der Waals surface area contributed by atoms with E-state index in [1.807, 2.05) is 12.1 Å². The van der Waals surface area contributed by atoms with Gasteiger partial charge in [0, 0.05) is 30.1 Å². The highest BCUT2D eigenvalue weighted by Crippen LogP contribution is 2.40. The molecule has 0 bridgehead atoms. The molecular formula is C15H20N2O3. The topological polar surface area (TPSA) is 64.4 Å². The van der Waals surface area contributed by atoms with Gasteiger partial charge >= 0.3 is 0 Å². The van der Waals surface area contributed by atoms with Crippen LogP contribution in [0.25, 0.3) is 0 Å². The fourth-order valence-corrected chi connectivity index (χ4v) is 2.98. The number of rotatable bonds is 5. The van der Waals surface area contributed by atoms with Gasteiger partial charge in [0.25, 0.3) is 5.69 Å². The van der Waals surface area contributed by atoms with E-state index in [1.165, 1.54) is 12.8 Å². The number of nitrogens with zero attached hydrogens (tertiary/aromatic N) is 1. The predicted octanol–water partition coefficient (Wildman–Crippen LogP) is 2.42. The Kier molecular flexibility index (Phi) is 3.72. The highest BCUT2D eigenvalue weighted by molar-refractivity contribution is 5.42. The highest BCUT2D eigenvalue weighted by atomic mass is 16.6. The van der Waals surface area contributed by atoms with Crippen LogP contribution in [0.1, 0.15) is 24.0 Å². The first-order valence-electron chi connectivity index (χ1n) is 7.20. The second kappa shape index (κ2) is 5.50. The molecule has 1 aliphatic carbocycles. The molecule has 1 aromatic rings. The van der Waals surface area contributed by atoms with Crippen molar-refractivity contribution in [3.63, 3.8) is 0 Å². The summed E-state index contributed by atoms with van der Waals surface area (Å²) in [5, 5.41) is 14.5. The minimum absolute atomic E-state index is 0.200. The molecule has 5 nitrogen and oxygen atoms in total. The van der Waals surface area contributed by atoms with Crippen molar-refractivity contribution in [2.75, 3.05) is 13.2 Å². The highest BCUT2D eigenvalue weighted by Gasteiger charge is 2.39. The molecule has 2 atom stereocenters. The van der Waals surface area contributed by atoms with Gasteiger partial charge < -0.3 is 10.1 Å². The van der Waals surface area contributed by atoms with Crippen LogP contribution in [0.3, 0.4) is 0 Å². The molecule has 1 aliphatic heterocycles. The first-order chi connectivity index (χ1) is 9.65. The summed E-state index contributed by atoms with van der Waals surface area (Å²) in [6.45, 7) is 4.05. The summed E-state index contributed by atoms with van der Waals surface area (Å²) in [6.07, 6.45) is 2.64. The smallest absolute Gasteiger partial charge is 0.272 e. The van der Waals surface area contributed by atoms with Crippen LogP contribution < -0.4 is 5.32 Å². The summed E-state index contributed by atoms with van der Waals surface area (Å²) in [7, 11) is 0. The second-order valence-corrected chi connectivity index (χ2v) is 5.90. The molecule has 2 fully saturated rings. The van der Waals surface area contributed by atoms with Gasteiger partial charge in [-0.25, -0.2) is 0 Å². The fourth-order valence-electron chi connectivity index (χ4n) is 2.98. The number of hydrogen-bond acceptors (Lipinski definition) is 4. The largest absolute Gasteiger partial charge is 0.379 e. The number of nitrogens with one attached hydrogen (secondary N) is 1. The minimum atomic E-state index is -0.315. The van der Waals surface area contributed by atoms with Crippen LogP contribution in [0.5, 0.6) is 0 Å². The van der Waals surface area contributed by atoms with E-state index in [1.54, 1.807) is 13.0 Å². The molecule has 2 unspecified atom stereocenters. The monoisotopic (exact) mass is 276 g/mol. The molecular weight excluding hydrogens is 256 g/mol. The van der Waals surface area contributed by atoms with Crippen LogP contribution >= 0.6 is 0 Å². The van der Waals surface area contributed by atoms with Crippen molar-refractivity contribution in [2.45, 2.75) is 32.4 Å². The Morgan fingerprint density at radius 1 is 1.40 bits per heavy atom. The van der Waals surface area contributed by atoms with E-state index in [0.29, 0.717) is 24.1 Å². The number of aryl methyl sites for hydroxylation is 1. The number of nitro groups is 1. The maximum atomic E-state index is 10.9. The second-order valence-electron chi connectivity index (χ2n) is 5.90. The van der Waals surface area contributed by atoms with Gasteiger partial charge in [-0.2, -0.15) is 0 Å². The molecule has 20 heavy (non-hydrogen) atoms. The lowest BCUT2D eigenvalue weighted by Crippen LogP contribution is -2.36. The maximum Gasteiger partial charge on any atom is 0.272 e. The van der Waals surface area contributed by atoms with Gasteiger partial charge in [0.1, 0.15) is 0 Å². The summed E-state index contributed by atoms with van der Waals surface area (Å²) in [5.74, 6) is 1.44. The zero-order valence-corrected chi connectivity index (χ0v) is 11.7. The Morgan fingerprint density at radius 3 is 2.90 bits per heavy atom. The molecule has 0 amide bonds. The molecule has 1 heterocycles. The fraction of sp³-hybridized carbons (Fsp3) is 0.600. The average Bonchev–Trinajstić information content (AvgIpc) is 3.16. The Morgan fingerprint density at radius 2 is 2.20 bits per heavy atom. The van der Waals surface area contributed by atoms with E-state index >= 15 is 0 Å². The van der Waals surface area contributed by atoms with Gasteiger partial charge in [0.05, 0.1) is 18.1 Å². The summed E-state index contributed by atoms with van der Waals surface area (Å²) >= 11 is 0. The van der Waals surface area contributed by atoms with E-state index < -0.39 is 0 Å². The van der Waals surface area contributed by atoms with Crippen LogP contribution in [0, 0.1) is 28.9 Å². The molecule has 1 saturated heterocycles. The van der Waals surface area contributed by atoms with Gasteiger partial charge in [-0.1, -0.05) is 12.1 Å². The van der Waals surface area contributed by atoms with Gasteiger partial charge in [-0.3, -0.25) is 10.1 Å². The summed E-state index contributed by atoms with van der Waals surface area (Å²) in [6, 6.07) is 5.84. The molecule has 0 radical (unpaired) electrons. The molecule has 3 rings (SSSR count). The van der Waals surface area contributed by atoms with Crippen molar-refractivity contribution in [2.24, 2.45) is 11.8 Å². The molecule has 5 heteroatoms. The third kappa shape index (κ3) is 2.83. The Labute approximate surface area is 118 Å². The number of hydrogen-bond donors (Lipinski definition) is 1. The van der Waals surface area contributed by atoms with E-state index in [2.05, 4.69) is 5.32 Å². The Bertz CT molecular complexity index is 514. The zero-order chi connectivity index (χ0) is 14.1. The third-order valence-electron chi connectivity index (χ3n) is 4.39. The van der Waals surface area contributed by atoms with E-state index in [4.69, 9.17) is 4.74 Å². The first-order valence-corrected chi connectivity index (χ1v) is 7.20. The Hall–Kier alpha value is -1.46. The van der Waals surface area contributed by atoms with Crippen LogP contribution in [0.4, 0.5) is 5.69 Å². The predicted molar refractivity (Wildman–Crippen MR) is 75.5 cm³/mol. The molecule has 1 saturated carbocycles. The minimum Gasteiger partial charge on any atom is -0.379 e. The summed E-state index contributed by atoms with van der Waals surface area (Å²) in [5.41, 5.74) is 1.87. The van der Waals surface area contributed by atoms with Gasteiger partial charge in [0.15, 0.2) is 0 Å². The van der Waals surface area contributed by atoms with Crippen molar-refractivity contribution in [3.8, 4) is 0 Å². The maximum absolute atomic E-state index is 10.9. The van der Waals surface area contributed by atoms with Gasteiger partial charge in [0.2, 0.25) is 0 Å². The van der Waals surface area contributed by atoms with Crippen molar-refractivity contribution in [1.82, 2.24) is 5.32 Å². The normalized spacial score (nSPS) is 25.9. The lowest BCUT2D eigenvalue weighted by atomic mass is 9.98. The van der Waals surface area contributed by atoms with Crippen LogP contribution in [0.15, 0.2) is 18.2 Å². The van der Waals surface area contributed by atoms with Crippen LogP contribution in [0.2, 0.25) is 0 Å². The quantitative estimate of drug-likeness (QED) is 0.662. The molecule has 0 aromatic heterocycles. The number of nitro benzene ring substituents is 1. The summed E-state index contributed by atoms with van der Waals surface area (Å²) < 4.78 is 5.57. The zero-order valence-electron chi connectivity index (χ0n) is 11.7. The molecule has 2 aliphatic rings. The lowest BCUT2D eigenvalue weighted by Gasteiger charge is -2.18. The number of benzene rings is 1. The Balaban J connectivity index is 1.63. The van der Waals surface area contributed by atoms with Gasteiger partial charge in [-0.05, 0) is 31.2 Å². The van der Waals surface area contributed by atoms with E-state index in [-0.39, 0.29) is 10.6 Å². The first kappa shape index (κ1) is 13.5. The SMILES string of the molecule is Cc1ccc(CNC2COCC2C2CC2)cc1[N+](=O)[O-]. The van der Waals surface area contributed by atoms with Gasteiger partial charge in [-0.15, -0.1) is 0 Å². The standard InChI is InChI=1S/C15H20N2O3/c1-10-2-3-11(6-15(10)17(18)19)7-16-14-9-20-8-13(14)12-4-5-12/h2-3,6,12-14,16H,4-5,7-9H2,1H3. The molecule has 108 valence electrons. The molecule has 1 N–H and O–H groups in total. The van der Waals surface area contributed by atoms with Crippen LogP contribution in [-0.4, -0.2) is 24.2 Å². The average molecular weight is 276 g/mol. The van der Waals surface area contributed by atoms with Crippen molar-refractivity contribution >= 4 is 5.69 Å². The van der Waals surface area contributed by atoms with E-state index in [0.717, 1.165) is 24.7 Å². The number of ether oxygens (including phenoxy) is 1. The molecule has 1 aromatic carbocycles. The third-order valence-corrected chi connectivity index (χ3v) is 4.39. The van der Waals surface area contributed by atoms with Crippen LogP contribution in [-0.2, 0) is 11.3 Å². The lowest BCUT2D eigenvalue weighted by molar-refractivity contribution is -0.385. The van der Waals surface area contributed by atoms with E-state index in [9.17, 15) is 10.1 Å².